The predicted molar refractivity (Wildman–Crippen MR) is 87.6 cm³/mol. The Morgan fingerprint density at radius 1 is 1.52 bits per heavy atom. The third-order valence-electron chi connectivity index (χ3n) is 3.69. The first kappa shape index (κ1) is 14.7. The normalized spacial score (nSPS) is 18.7. The zero-order valence-corrected chi connectivity index (χ0v) is 13.9. The van der Waals surface area contributed by atoms with Crippen LogP contribution in [0.3, 0.4) is 0 Å². The molecule has 2 aromatic heterocycles. The van der Waals surface area contributed by atoms with Gasteiger partial charge in [-0.15, -0.1) is 23.1 Å². The fraction of sp³-hybridized carbons (Fsp3) is 0.467. The smallest absolute Gasteiger partial charge is 0.233 e. The van der Waals surface area contributed by atoms with Crippen molar-refractivity contribution in [3.05, 3.63) is 39.6 Å². The fourth-order valence-corrected chi connectivity index (χ4v) is 4.51. The van der Waals surface area contributed by atoms with E-state index in [1.54, 1.807) is 23.1 Å². The van der Waals surface area contributed by atoms with Crippen LogP contribution in [-0.4, -0.2) is 33.1 Å². The highest BCUT2D eigenvalue weighted by Gasteiger charge is 2.35. The third kappa shape index (κ3) is 3.01. The van der Waals surface area contributed by atoms with Crippen molar-refractivity contribution >= 4 is 29.0 Å². The number of rotatable bonds is 5. The van der Waals surface area contributed by atoms with Gasteiger partial charge >= 0.3 is 0 Å². The van der Waals surface area contributed by atoms with Crippen molar-refractivity contribution in [3.8, 4) is 0 Å². The second-order valence-corrected chi connectivity index (χ2v) is 7.23. The Hall–Kier alpha value is -1.27. The summed E-state index contributed by atoms with van der Waals surface area (Å²) in [5.41, 5.74) is 2.11. The number of nitrogens with one attached hydrogen (secondary N) is 1. The molecule has 0 bridgehead atoms. The highest BCUT2D eigenvalue weighted by Crippen LogP contribution is 2.39. The van der Waals surface area contributed by atoms with E-state index in [2.05, 4.69) is 34.4 Å². The summed E-state index contributed by atoms with van der Waals surface area (Å²) in [6.45, 7) is 4.90. The Kier molecular flexibility index (Phi) is 4.35. The van der Waals surface area contributed by atoms with Gasteiger partial charge in [0.15, 0.2) is 0 Å². The Morgan fingerprint density at radius 3 is 3.05 bits per heavy atom. The number of imidazole rings is 1. The lowest BCUT2D eigenvalue weighted by atomic mass is 10.2. The molecule has 0 aromatic carbocycles. The maximum Gasteiger partial charge on any atom is 0.233 e. The molecule has 112 valence electrons. The average molecular weight is 321 g/mol. The Morgan fingerprint density at radius 2 is 2.38 bits per heavy atom. The molecule has 1 unspecified atom stereocenters. The van der Waals surface area contributed by atoms with Gasteiger partial charge in [0.2, 0.25) is 5.91 Å². The van der Waals surface area contributed by atoms with Crippen LogP contribution in [-0.2, 0) is 17.6 Å². The van der Waals surface area contributed by atoms with Crippen molar-refractivity contribution in [2.24, 2.45) is 0 Å². The number of H-pyrrole nitrogens is 1. The minimum atomic E-state index is 0.0639. The molecule has 0 radical (unpaired) electrons. The maximum atomic E-state index is 12.2. The molecule has 3 heterocycles. The average Bonchev–Trinajstić information content (AvgIpc) is 3.17. The molecular formula is C15H19N3OS2. The van der Waals surface area contributed by atoms with E-state index in [0.29, 0.717) is 5.75 Å². The van der Waals surface area contributed by atoms with Gasteiger partial charge in [-0.05, 0) is 24.8 Å². The summed E-state index contributed by atoms with van der Waals surface area (Å²) in [7, 11) is 0. The molecule has 1 amide bonds. The molecule has 1 aliphatic rings. The molecule has 1 N–H and O–H groups in total. The molecule has 1 atom stereocenters. The summed E-state index contributed by atoms with van der Waals surface area (Å²) in [5.74, 6) is 1.78. The molecule has 1 aliphatic heterocycles. The first-order valence-corrected chi connectivity index (χ1v) is 9.10. The number of carbonyl (C=O) groups excluding carboxylic acids is 1. The summed E-state index contributed by atoms with van der Waals surface area (Å²) in [4.78, 5) is 23.5. The lowest BCUT2D eigenvalue weighted by molar-refractivity contribution is -0.128. The first-order valence-electron chi connectivity index (χ1n) is 7.18. The number of aromatic amines is 1. The molecule has 4 nitrogen and oxygen atoms in total. The van der Waals surface area contributed by atoms with Crippen molar-refractivity contribution in [3.63, 3.8) is 0 Å². The molecule has 6 heteroatoms. The molecule has 0 aliphatic carbocycles. The van der Waals surface area contributed by atoms with Crippen LogP contribution in [0.25, 0.3) is 0 Å². The lowest BCUT2D eigenvalue weighted by Gasteiger charge is -2.22. The summed E-state index contributed by atoms with van der Waals surface area (Å²) >= 11 is 3.43. The largest absolute Gasteiger partial charge is 0.346 e. The minimum Gasteiger partial charge on any atom is -0.346 e. The predicted octanol–water partition coefficient (Wildman–Crippen LogP) is 3.16. The van der Waals surface area contributed by atoms with Crippen molar-refractivity contribution in [1.29, 1.82) is 0 Å². The fourth-order valence-electron chi connectivity index (χ4n) is 2.55. The number of aryl methyl sites for hydroxylation is 2. The van der Waals surface area contributed by atoms with Gasteiger partial charge in [-0.25, -0.2) is 4.98 Å². The van der Waals surface area contributed by atoms with Gasteiger partial charge in [-0.1, -0.05) is 13.0 Å². The standard InChI is InChI=1S/C15H19N3OS2/c1-3-12-16-10(2)14(17-12)15-18(13(19)9-21-15)7-6-11-5-4-8-20-11/h4-5,8,15H,3,6-7,9H2,1-2H3,(H,16,17). The molecule has 2 aromatic rings. The van der Waals surface area contributed by atoms with Gasteiger partial charge in [-0.2, -0.15) is 0 Å². The number of thioether (sulfide) groups is 1. The number of amides is 1. The Balaban J connectivity index is 1.76. The van der Waals surface area contributed by atoms with Crippen LogP contribution in [0.15, 0.2) is 17.5 Å². The zero-order chi connectivity index (χ0) is 14.8. The van der Waals surface area contributed by atoms with E-state index < -0.39 is 0 Å². The van der Waals surface area contributed by atoms with Crippen LogP contribution >= 0.6 is 23.1 Å². The summed E-state index contributed by atoms with van der Waals surface area (Å²) < 4.78 is 0. The first-order chi connectivity index (χ1) is 10.2. The highest BCUT2D eigenvalue weighted by molar-refractivity contribution is 8.00. The number of hydrogen-bond donors (Lipinski definition) is 1. The number of nitrogens with zero attached hydrogens (tertiary/aromatic N) is 2. The van der Waals surface area contributed by atoms with Crippen LogP contribution in [0.1, 0.15) is 34.4 Å². The topological polar surface area (TPSA) is 49.0 Å². The minimum absolute atomic E-state index is 0.0639. The van der Waals surface area contributed by atoms with E-state index in [9.17, 15) is 4.79 Å². The van der Waals surface area contributed by atoms with Gasteiger partial charge in [0, 0.05) is 23.5 Å². The summed E-state index contributed by atoms with van der Waals surface area (Å²) in [5, 5.41) is 2.15. The lowest BCUT2D eigenvalue weighted by Crippen LogP contribution is -2.30. The molecule has 1 saturated heterocycles. The van der Waals surface area contributed by atoms with Crippen LogP contribution in [0, 0.1) is 6.92 Å². The monoisotopic (exact) mass is 321 g/mol. The van der Waals surface area contributed by atoms with E-state index in [1.165, 1.54) is 4.88 Å². The third-order valence-corrected chi connectivity index (χ3v) is 5.83. The molecular weight excluding hydrogens is 302 g/mol. The van der Waals surface area contributed by atoms with E-state index in [1.807, 2.05) is 11.8 Å². The van der Waals surface area contributed by atoms with Gasteiger partial charge < -0.3 is 9.88 Å². The van der Waals surface area contributed by atoms with E-state index in [-0.39, 0.29) is 11.3 Å². The molecule has 0 spiro atoms. The highest BCUT2D eigenvalue weighted by atomic mass is 32.2. The van der Waals surface area contributed by atoms with Crippen LogP contribution in [0.2, 0.25) is 0 Å². The molecule has 1 fully saturated rings. The van der Waals surface area contributed by atoms with Crippen LogP contribution < -0.4 is 0 Å². The summed E-state index contributed by atoms with van der Waals surface area (Å²) in [6, 6.07) is 4.19. The second-order valence-electron chi connectivity index (χ2n) is 5.13. The maximum absolute atomic E-state index is 12.2. The van der Waals surface area contributed by atoms with Gasteiger partial charge in [-0.3, -0.25) is 4.79 Å². The Bertz CT molecular complexity index is 621. The number of carbonyl (C=O) groups is 1. The Labute approximate surface area is 133 Å². The van der Waals surface area contributed by atoms with Crippen molar-refractivity contribution in [1.82, 2.24) is 14.9 Å². The van der Waals surface area contributed by atoms with E-state index in [4.69, 9.17) is 0 Å². The quantitative estimate of drug-likeness (QED) is 0.920. The van der Waals surface area contributed by atoms with Crippen molar-refractivity contribution in [2.75, 3.05) is 12.3 Å². The molecule has 21 heavy (non-hydrogen) atoms. The van der Waals surface area contributed by atoms with E-state index in [0.717, 1.165) is 36.6 Å². The SMILES string of the molecule is CCc1nc(C2SCC(=O)N2CCc2cccs2)c(C)[nH]1. The van der Waals surface area contributed by atoms with Crippen molar-refractivity contribution < 1.29 is 4.79 Å². The number of hydrogen-bond acceptors (Lipinski definition) is 4. The van der Waals surface area contributed by atoms with Crippen LogP contribution in [0.4, 0.5) is 0 Å². The number of aromatic nitrogens is 2. The van der Waals surface area contributed by atoms with Gasteiger partial charge in [0.05, 0.1) is 11.4 Å². The van der Waals surface area contributed by atoms with Crippen LogP contribution in [0.5, 0.6) is 0 Å². The summed E-state index contributed by atoms with van der Waals surface area (Å²) in [6.07, 6.45) is 1.81. The van der Waals surface area contributed by atoms with Gasteiger partial charge in [0.25, 0.3) is 0 Å². The van der Waals surface area contributed by atoms with E-state index >= 15 is 0 Å². The molecule has 0 saturated carbocycles. The van der Waals surface area contributed by atoms with Crippen molar-refractivity contribution in [2.45, 2.75) is 32.1 Å². The zero-order valence-electron chi connectivity index (χ0n) is 12.3. The molecule has 3 rings (SSSR count). The number of thiophene rings is 1. The van der Waals surface area contributed by atoms with Gasteiger partial charge in [0.1, 0.15) is 11.2 Å². The second kappa shape index (κ2) is 6.23.